The van der Waals surface area contributed by atoms with Crippen LogP contribution in [-0.4, -0.2) is 28.4 Å². The van der Waals surface area contributed by atoms with E-state index in [1.807, 2.05) is 6.92 Å². The third-order valence-electron chi connectivity index (χ3n) is 5.28. The van der Waals surface area contributed by atoms with E-state index in [9.17, 15) is 0 Å². The van der Waals surface area contributed by atoms with E-state index in [0.29, 0.717) is 23.0 Å². The quantitative estimate of drug-likeness (QED) is 0.344. The van der Waals surface area contributed by atoms with Crippen LogP contribution in [0.15, 0.2) is 34.9 Å². The van der Waals surface area contributed by atoms with E-state index in [1.165, 1.54) is 16.7 Å². The maximum atomic E-state index is 5.69. The van der Waals surface area contributed by atoms with Gasteiger partial charge in [0.2, 0.25) is 11.5 Å². The van der Waals surface area contributed by atoms with Crippen molar-refractivity contribution in [1.29, 1.82) is 0 Å². The number of rotatable bonds is 12. The molecule has 4 heteroatoms. The first kappa shape index (κ1) is 25.7. The van der Waals surface area contributed by atoms with Gasteiger partial charge < -0.3 is 18.9 Å². The first-order chi connectivity index (χ1) is 14.3. The van der Waals surface area contributed by atoms with Gasteiger partial charge >= 0.3 is 0 Å². The fraction of sp³-hybridized carbons (Fsp3) is 0.538. The summed E-state index contributed by atoms with van der Waals surface area (Å²) in [5.41, 5.74) is 6.27. The summed E-state index contributed by atoms with van der Waals surface area (Å²) in [6.45, 7) is 10.7. The maximum absolute atomic E-state index is 5.69. The number of ether oxygens (including phenoxy) is 4. The lowest BCUT2D eigenvalue weighted by Gasteiger charge is -2.21. The third kappa shape index (κ3) is 7.16. The molecule has 0 radical (unpaired) electrons. The lowest BCUT2D eigenvalue weighted by molar-refractivity contribution is 0.302. The average molecular weight is 417 g/mol. The Hall–Kier alpha value is -2.36. The summed E-state index contributed by atoms with van der Waals surface area (Å²) in [4.78, 5) is 0. The molecular weight excluding hydrogens is 376 g/mol. The minimum atomic E-state index is 0.563. The summed E-state index contributed by atoms with van der Waals surface area (Å²) in [6.07, 6.45) is 12.1. The van der Waals surface area contributed by atoms with Crippen molar-refractivity contribution in [3.05, 3.63) is 46.1 Å². The molecule has 0 aliphatic rings. The summed E-state index contributed by atoms with van der Waals surface area (Å²) in [7, 11) is 6.53. The van der Waals surface area contributed by atoms with Crippen molar-refractivity contribution in [3.63, 3.8) is 0 Å². The average Bonchev–Trinajstić information content (AvgIpc) is 2.71. The molecule has 0 N–H and O–H groups in total. The van der Waals surface area contributed by atoms with Gasteiger partial charge in [0.05, 0.1) is 28.4 Å². The monoisotopic (exact) mass is 416 g/mol. The van der Waals surface area contributed by atoms with Crippen LogP contribution in [0.4, 0.5) is 0 Å². The molecule has 0 spiro atoms. The zero-order valence-electron chi connectivity index (χ0n) is 20.4. The molecule has 4 nitrogen and oxygen atoms in total. The molecule has 168 valence electrons. The lowest BCUT2D eigenvalue weighted by Crippen LogP contribution is -2.04. The second kappa shape index (κ2) is 13.0. The number of hydrogen-bond acceptors (Lipinski definition) is 4. The van der Waals surface area contributed by atoms with Gasteiger partial charge in [0.15, 0.2) is 11.5 Å². The zero-order valence-corrected chi connectivity index (χ0v) is 20.4. The van der Waals surface area contributed by atoms with E-state index in [2.05, 4.69) is 45.9 Å². The van der Waals surface area contributed by atoms with E-state index in [1.54, 1.807) is 28.4 Å². The van der Waals surface area contributed by atoms with Crippen LogP contribution in [0.5, 0.6) is 23.0 Å². The van der Waals surface area contributed by atoms with Gasteiger partial charge in [-0.3, -0.25) is 0 Å². The highest BCUT2D eigenvalue weighted by Gasteiger charge is 2.24. The summed E-state index contributed by atoms with van der Waals surface area (Å²) >= 11 is 0. The smallest absolute Gasteiger partial charge is 0.207 e. The first-order valence-corrected chi connectivity index (χ1v) is 10.6. The van der Waals surface area contributed by atoms with Crippen molar-refractivity contribution >= 4 is 0 Å². The zero-order chi connectivity index (χ0) is 22.7. The molecule has 0 aliphatic carbocycles. The van der Waals surface area contributed by atoms with E-state index in [-0.39, 0.29) is 0 Å². The highest BCUT2D eigenvalue weighted by Crippen LogP contribution is 2.49. The minimum absolute atomic E-state index is 0.563. The Balaban J connectivity index is 2.94. The summed E-state index contributed by atoms with van der Waals surface area (Å²) < 4.78 is 22.4. The Kier molecular flexibility index (Phi) is 11.2. The Morgan fingerprint density at radius 1 is 0.633 bits per heavy atom. The Morgan fingerprint density at radius 3 is 1.60 bits per heavy atom. The molecule has 0 saturated carbocycles. The lowest BCUT2D eigenvalue weighted by atomic mass is 9.99. The fourth-order valence-corrected chi connectivity index (χ4v) is 3.51. The molecular formula is C26H40O4. The van der Waals surface area contributed by atoms with Crippen molar-refractivity contribution in [1.82, 2.24) is 0 Å². The van der Waals surface area contributed by atoms with Crippen molar-refractivity contribution in [2.45, 2.75) is 66.7 Å². The number of allylic oxidation sites excluding steroid dienone is 6. The second-order valence-corrected chi connectivity index (χ2v) is 7.90. The van der Waals surface area contributed by atoms with E-state index < -0.39 is 0 Å². The van der Waals surface area contributed by atoms with Crippen LogP contribution in [0, 0.1) is 6.92 Å². The predicted molar refractivity (Wildman–Crippen MR) is 127 cm³/mol. The highest BCUT2D eigenvalue weighted by atomic mass is 16.5. The molecule has 1 aromatic carbocycles. The van der Waals surface area contributed by atoms with Crippen LogP contribution >= 0.6 is 0 Å². The van der Waals surface area contributed by atoms with E-state index >= 15 is 0 Å². The normalized spacial score (nSPS) is 11.9. The molecule has 0 atom stereocenters. The molecule has 0 aromatic heterocycles. The molecule has 30 heavy (non-hydrogen) atoms. The Morgan fingerprint density at radius 2 is 1.10 bits per heavy atom. The summed E-state index contributed by atoms with van der Waals surface area (Å²) in [5, 5.41) is 0. The topological polar surface area (TPSA) is 36.9 Å². The minimum Gasteiger partial charge on any atom is -0.492 e. The summed E-state index contributed by atoms with van der Waals surface area (Å²) in [6, 6.07) is 0. The van der Waals surface area contributed by atoms with Gasteiger partial charge in [-0.25, -0.2) is 0 Å². The highest BCUT2D eigenvalue weighted by molar-refractivity contribution is 5.67. The van der Waals surface area contributed by atoms with Crippen LogP contribution < -0.4 is 18.9 Å². The molecule has 0 unspecified atom stereocenters. The second-order valence-electron chi connectivity index (χ2n) is 7.90. The van der Waals surface area contributed by atoms with Crippen molar-refractivity contribution in [2.75, 3.05) is 28.4 Å². The van der Waals surface area contributed by atoms with Crippen LogP contribution in [0.1, 0.15) is 64.5 Å². The largest absolute Gasteiger partial charge is 0.492 e. The molecule has 0 bridgehead atoms. The van der Waals surface area contributed by atoms with Gasteiger partial charge in [-0.05, 0) is 66.7 Å². The number of methoxy groups -OCH3 is 4. The fourth-order valence-electron chi connectivity index (χ4n) is 3.51. The van der Waals surface area contributed by atoms with Gasteiger partial charge in [0.25, 0.3) is 0 Å². The molecule has 0 aliphatic heterocycles. The van der Waals surface area contributed by atoms with Crippen molar-refractivity contribution in [3.8, 4) is 23.0 Å². The van der Waals surface area contributed by atoms with Gasteiger partial charge in [-0.1, -0.05) is 34.9 Å². The Bertz CT molecular complexity index is 781. The van der Waals surface area contributed by atoms with Crippen LogP contribution in [0.25, 0.3) is 0 Å². The molecule has 0 amide bonds. The number of hydrogen-bond donors (Lipinski definition) is 0. The molecule has 1 aromatic rings. The van der Waals surface area contributed by atoms with E-state index in [4.69, 9.17) is 18.9 Å². The van der Waals surface area contributed by atoms with Crippen LogP contribution in [0.2, 0.25) is 0 Å². The third-order valence-corrected chi connectivity index (χ3v) is 5.28. The SMILES string of the molecule is COc1c(C)c(C/C=C(\C)CC/C=C(\C)CCC=C(C)C)c(OC)c(OC)c1OC. The van der Waals surface area contributed by atoms with Gasteiger partial charge in [0.1, 0.15) is 0 Å². The van der Waals surface area contributed by atoms with Crippen LogP contribution in [-0.2, 0) is 6.42 Å². The number of benzene rings is 1. The van der Waals surface area contributed by atoms with Gasteiger partial charge in [-0.15, -0.1) is 0 Å². The molecule has 0 fully saturated rings. The van der Waals surface area contributed by atoms with Crippen LogP contribution in [0.3, 0.4) is 0 Å². The standard InChI is InChI=1S/C26H40O4/c1-18(2)12-10-13-19(3)14-11-15-20(4)16-17-22-21(5)23(27-6)25(29-8)26(30-9)24(22)28-7/h12,14,16H,10-11,13,15,17H2,1-9H3/b19-14+,20-16+. The first-order valence-electron chi connectivity index (χ1n) is 10.6. The molecule has 1 rings (SSSR count). The van der Waals surface area contributed by atoms with E-state index in [0.717, 1.165) is 43.2 Å². The molecule has 0 heterocycles. The molecule has 0 saturated heterocycles. The Labute approximate surface area is 183 Å². The van der Waals surface area contributed by atoms with Gasteiger partial charge in [-0.2, -0.15) is 0 Å². The summed E-state index contributed by atoms with van der Waals surface area (Å²) in [5.74, 6) is 2.52. The van der Waals surface area contributed by atoms with Crippen molar-refractivity contribution < 1.29 is 18.9 Å². The van der Waals surface area contributed by atoms with Crippen molar-refractivity contribution in [2.24, 2.45) is 0 Å². The maximum Gasteiger partial charge on any atom is 0.207 e. The predicted octanol–water partition coefficient (Wildman–Crippen LogP) is 6.99. The van der Waals surface area contributed by atoms with Gasteiger partial charge in [0, 0.05) is 11.1 Å².